The Kier molecular flexibility index (Phi) is 7.76. The number of carbonyl (C=O) groups excluding carboxylic acids is 1. The first-order valence-corrected chi connectivity index (χ1v) is 12.3. The van der Waals surface area contributed by atoms with E-state index in [-0.39, 0.29) is 23.4 Å². The number of ether oxygens (including phenoxy) is 1. The highest BCUT2D eigenvalue weighted by Crippen LogP contribution is 2.26. The van der Waals surface area contributed by atoms with Gasteiger partial charge in [0.25, 0.3) is 10.0 Å². The molecule has 0 heterocycles. The number of benzene rings is 3. The SMILES string of the molecule is CC[C@H](NC(=O)CN(c1ccc(C)c(C)c1)S(=O)(=O)c1ccccc1)c1ccc(OC)cc1. The Morgan fingerprint density at radius 1 is 0.970 bits per heavy atom. The van der Waals surface area contributed by atoms with E-state index in [2.05, 4.69) is 5.32 Å². The molecule has 0 radical (unpaired) electrons. The van der Waals surface area contributed by atoms with Crippen LogP contribution in [0.2, 0.25) is 0 Å². The Morgan fingerprint density at radius 2 is 1.64 bits per heavy atom. The van der Waals surface area contributed by atoms with E-state index in [0.29, 0.717) is 12.1 Å². The quantitative estimate of drug-likeness (QED) is 0.493. The van der Waals surface area contributed by atoms with Gasteiger partial charge in [-0.2, -0.15) is 0 Å². The van der Waals surface area contributed by atoms with E-state index in [1.54, 1.807) is 37.4 Å². The van der Waals surface area contributed by atoms with Crippen molar-refractivity contribution in [1.29, 1.82) is 0 Å². The van der Waals surface area contributed by atoms with Crippen molar-refractivity contribution in [3.63, 3.8) is 0 Å². The zero-order valence-corrected chi connectivity index (χ0v) is 20.2. The number of nitrogens with one attached hydrogen (secondary N) is 1. The molecule has 0 unspecified atom stereocenters. The molecule has 1 N–H and O–H groups in total. The summed E-state index contributed by atoms with van der Waals surface area (Å²) >= 11 is 0. The van der Waals surface area contributed by atoms with Gasteiger partial charge in [-0.1, -0.05) is 43.3 Å². The Labute approximate surface area is 196 Å². The zero-order valence-electron chi connectivity index (χ0n) is 19.4. The second-order valence-electron chi connectivity index (χ2n) is 7.89. The van der Waals surface area contributed by atoms with Crippen LogP contribution >= 0.6 is 0 Å². The van der Waals surface area contributed by atoms with E-state index in [1.165, 1.54) is 16.4 Å². The minimum atomic E-state index is -3.94. The van der Waals surface area contributed by atoms with Crippen molar-refractivity contribution < 1.29 is 17.9 Å². The molecule has 0 fully saturated rings. The van der Waals surface area contributed by atoms with Gasteiger partial charge in [0.15, 0.2) is 0 Å². The van der Waals surface area contributed by atoms with Gasteiger partial charge in [0.2, 0.25) is 5.91 Å². The molecule has 0 aliphatic heterocycles. The first-order chi connectivity index (χ1) is 15.8. The van der Waals surface area contributed by atoms with Gasteiger partial charge in [-0.15, -0.1) is 0 Å². The molecule has 0 aromatic heterocycles. The summed E-state index contributed by atoms with van der Waals surface area (Å²) in [6.45, 7) is 5.52. The van der Waals surface area contributed by atoms with Crippen LogP contribution in [0, 0.1) is 13.8 Å². The lowest BCUT2D eigenvalue weighted by Crippen LogP contribution is -2.42. The van der Waals surface area contributed by atoms with E-state index in [9.17, 15) is 13.2 Å². The summed E-state index contributed by atoms with van der Waals surface area (Å²) in [7, 11) is -2.34. The van der Waals surface area contributed by atoms with Crippen LogP contribution in [0.3, 0.4) is 0 Å². The van der Waals surface area contributed by atoms with E-state index in [1.807, 2.05) is 51.1 Å². The van der Waals surface area contributed by atoms with Crippen molar-refractivity contribution in [2.45, 2.75) is 38.1 Å². The number of hydrogen-bond donors (Lipinski definition) is 1. The fourth-order valence-corrected chi connectivity index (χ4v) is 4.98. The fourth-order valence-electron chi connectivity index (χ4n) is 3.54. The number of anilines is 1. The number of amides is 1. The Balaban J connectivity index is 1.90. The summed E-state index contributed by atoms with van der Waals surface area (Å²) in [6.07, 6.45) is 0.660. The van der Waals surface area contributed by atoms with Gasteiger partial charge in [0, 0.05) is 0 Å². The van der Waals surface area contributed by atoms with Crippen LogP contribution in [0.15, 0.2) is 77.7 Å². The van der Waals surface area contributed by atoms with Crippen molar-refractivity contribution in [3.05, 3.63) is 89.5 Å². The monoisotopic (exact) mass is 466 g/mol. The van der Waals surface area contributed by atoms with Crippen LogP contribution in [0.25, 0.3) is 0 Å². The van der Waals surface area contributed by atoms with Gasteiger partial charge in [-0.25, -0.2) is 8.42 Å². The Bertz CT molecular complexity index is 1190. The third kappa shape index (κ3) is 5.73. The minimum Gasteiger partial charge on any atom is -0.497 e. The molecule has 0 saturated heterocycles. The standard InChI is InChI=1S/C26H30N2O4S/c1-5-25(21-12-15-23(32-4)16-13-21)27-26(29)18-28(22-14-11-19(2)20(3)17-22)33(30,31)24-9-7-6-8-10-24/h6-17,25H,5,18H2,1-4H3,(H,27,29)/t25-/m0/s1. The fraction of sp³-hybridized carbons (Fsp3) is 0.269. The van der Waals surface area contributed by atoms with Gasteiger partial charge in [-0.05, 0) is 73.4 Å². The molecular weight excluding hydrogens is 436 g/mol. The third-order valence-corrected chi connectivity index (χ3v) is 7.45. The maximum absolute atomic E-state index is 13.5. The topological polar surface area (TPSA) is 75.7 Å². The maximum Gasteiger partial charge on any atom is 0.264 e. The average Bonchev–Trinajstić information content (AvgIpc) is 2.83. The highest BCUT2D eigenvalue weighted by molar-refractivity contribution is 7.92. The van der Waals surface area contributed by atoms with Crippen LogP contribution in [-0.4, -0.2) is 28.0 Å². The van der Waals surface area contributed by atoms with Crippen molar-refractivity contribution in [2.75, 3.05) is 18.0 Å². The lowest BCUT2D eigenvalue weighted by Gasteiger charge is -2.26. The zero-order chi connectivity index (χ0) is 24.0. The molecule has 1 atom stereocenters. The largest absolute Gasteiger partial charge is 0.497 e. The van der Waals surface area contributed by atoms with E-state index >= 15 is 0 Å². The highest BCUT2D eigenvalue weighted by Gasteiger charge is 2.28. The molecule has 3 aromatic carbocycles. The number of sulfonamides is 1. The molecule has 1 amide bonds. The summed E-state index contributed by atoms with van der Waals surface area (Å²) in [6, 6.07) is 20.8. The molecular formula is C26H30N2O4S. The minimum absolute atomic E-state index is 0.137. The normalized spacial score (nSPS) is 12.1. The molecule has 0 saturated carbocycles. The average molecular weight is 467 g/mol. The maximum atomic E-state index is 13.5. The van der Waals surface area contributed by atoms with Crippen molar-refractivity contribution in [3.8, 4) is 5.75 Å². The molecule has 6 nitrogen and oxygen atoms in total. The predicted molar refractivity (Wildman–Crippen MR) is 131 cm³/mol. The van der Waals surface area contributed by atoms with Crippen LogP contribution in [0.5, 0.6) is 5.75 Å². The Morgan fingerprint density at radius 3 is 2.21 bits per heavy atom. The number of carbonyl (C=O) groups is 1. The van der Waals surface area contributed by atoms with Crippen LogP contribution in [0.4, 0.5) is 5.69 Å². The Hall–Kier alpha value is -3.32. The molecule has 0 aliphatic rings. The molecule has 174 valence electrons. The lowest BCUT2D eigenvalue weighted by atomic mass is 10.0. The second kappa shape index (κ2) is 10.5. The highest BCUT2D eigenvalue weighted by atomic mass is 32.2. The molecule has 3 aromatic rings. The van der Waals surface area contributed by atoms with Crippen molar-refractivity contribution >= 4 is 21.6 Å². The van der Waals surface area contributed by atoms with Gasteiger partial charge >= 0.3 is 0 Å². The van der Waals surface area contributed by atoms with Gasteiger partial charge in [0.05, 0.1) is 23.7 Å². The first kappa shape index (κ1) is 24.3. The van der Waals surface area contributed by atoms with Crippen LogP contribution < -0.4 is 14.4 Å². The van der Waals surface area contributed by atoms with Crippen LogP contribution in [0.1, 0.15) is 36.1 Å². The third-order valence-electron chi connectivity index (χ3n) is 5.66. The molecule has 0 spiro atoms. The molecule has 33 heavy (non-hydrogen) atoms. The first-order valence-electron chi connectivity index (χ1n) is 10.8. The molecule has 7 heteroatoms. The number of aryl methyl sites for hydroxylation is 2. The summed E-state index contributed by atoms with van der Waals surface area (Å²) in [4.78, 5) is 13.2. The predicted octanol–water partition coefficient (Wildman–Crippen LogP) is 4.77. The van der Waals surface area contributed by atoms with E-state index in [0.717, 1.165) is 22.4 Å². The van der Waals surface area contributed by atoms with E-state index < -0.39 is 10.0 Å². The molecule has 3 rings (SSSR count). The summed E-state index contributed by atoms with van der Waals surface area (Å²) in [5.41, 5.74) is 3.38. The lowest BCUT2D eigenvalue weighted by molar-refractivity contribution is -0.120. The number of hydrogen-bond acceptors (Lipinski definition) is 4. The van der Waals surface area contributed by atoms with Gasteiger partial charge < -0.3 is 10.1 Å². The number of rotatable bonds is 9. The van der Waals surface area contributed by atoms with Gasteiger partial charge in [0.1, 0.15) is 12.3 Å². The summed E-state index contributed by atoms with van der Waals surface area (Å²) in [5.74, 6) is 0.352. The van der Waals surface area contributed by atoms with Crippen molar-refractivity contribution in [1.82, 2.24) is 5.32 Å². The molecule has 0 bridgehead atoms. The smallest absolute Gasteiger partial charge is 0.264 e. The second-order valence-corrected chi connectivity index (χ2v) is 9.76. The summed E-state index contributed by atoms with van der Waals surface area (Å²) in [5, 5.41) is 2.98. The van der Waals surface area contributed by atoms with Crippen LogP contribution in [-0.2, 0) is 14.8 Å². The molecule has 0 aliphatic carbocycles. The van der Waals surface area contributed by atoms with E-state index in [4.69, 9.17) is 4.74 Å². The number of methoxy groups -OCH3 is 1. The van der Waals surface area contributed by atoms with Crippen molar-refractivity contribution in [2.24, 2.45) is 0 Å². The van der Waals surface area contributed by atoms with Gasteiger partial charge in [-0.3, -0.25) is 9.10 Å². The summed E-state index contributed by atoms with van der Waals surface area (Å²) < 4.78 is 33.4. The number of nitrogens with zero attached hydrogens (tertiary/aromatic N) is 1.